The Hall–Kier alpha value is -6.26. The van der Waals surface area contributed by atoms with Gasteiger partial charge in [-0.1, -0.05) is 140 Å². The number of hydrogen-bond acceptors (Lipinski definition) is 4. The van der Waals surface area contributed by atoms with Crippen molar-refractivity contribution in [3.8, 4) is 22.3 Å². The lowest BCUT2D eigenvalue weighted by Gasteiger charge is -2.23. The van der Waals surface area contributed by atoms with Gasteiger partial charge in [0.25, 0.3) is 0 Å². The van der Waals surface area contributed by atoms with Gasteiger partial charge in [-0.25, -0.2) is 9.98 Å². The summed E-state index contributed by atoms with van der Waals surface area (Å²) in [6.07, 6.45) is -0.423. The number of aliphatic imine (C=N–C) groups is 2. The smallest absolute Gasteiger partial charge is 0.169 e. The average molecular weight is 604 g/mol. The van der Waals surface area contributed by atoms with Crippen LogP contribution in [0.1, 0.15) is 22.9 Å². The molecule has 8 aromatic rings. The third kappa shape index (κ3) is 4.97. The third-order valence-corrected chi connectivity index (χ3v) is 8.93. The Morgan fingerprint density at radius 1 is 0.447 bits per heavy atom. The maximum atomic E-state index is 6.39. The van der Waals surface area contributed by atoms with Crippen LogP contribution in [0.4, 0.5) is 0 Å². The first-order chi connectivity index (χ1) is 23.3. The zero-order valence-corrected chi connectivity index (χ0v) is 25.5. The lowest BCUT2D eigenvalue weighted by Crippen LogP contribution is -2.36. The molecule has 1 aliphatic rings. The average Bonchev–Trinajstić information content (AvgIpc) is 3.53. The Kier molecular flexibility index (Phi) is 6.50. The van der Waals surface area contributed by atoms with Crippen LogP contribution in [-0.2, 0) is 0 Å². The summed E-state index contributed by atoms with van der Waals surface area (Å²) in [6, 6.07) is 57.0. The first kappa shape index (κ1) is 27.1. The maximum Gasteiger partial charge on any atom is 0.169 e. The van der Waals surface area contributed by atoms with Gasteiger partial charge in [0.15, 0.2) is 6.17 Å². The SMILES string of the molecule is c1ccc(-c2ccc(C3=NC(c4ccc5ccccc5c4)N=C(c4cccc5oc6ccc(-c7ccccc7)cc6c45)N3)cc2)cc1. The van der Waals surface area contributed by atoms with E-state index in [1.807, 2.05) is 24.3 Å². The molecule has 0 fully saturated rings. The zero-order valence-electron chi connectivity index (χ0n) is 25.5. The van der Waals surface area contributed by atoms with E-state index in [9.17, 15) is 0 Å². The van der Waals surface area contributed by atoms with Gasteiger partial charge >= 0.3 is 0 Å². The van der Waals surface area contributed by atoms with Crippen LogP contribution in [0, 0.1) is 0 Å². The van der Waals surface area contributed by atoms with Gasteiger partial charge in [0.05, 0.1) is 0 Å². The van der Waals surface area contributed by atoms with Crippen LogP contribution in [0.2, 0.25) is 0 Å². The van der Waals surface area contributed by atoms with Crippen LogP contribution in [0.25, 0.3) is 55.0 Å². The number of furan rings is 1. The molecule has 2 heterocycles. The fourth-order valence-electron chi connectivity index (χ4n) is 6.54. The molecular weight excluding hydrogens is 574 g/mol. The van der Waals surface area contributed by atoms with Crippen LogP contribution in [0.15, 0.2) is 178 Å². The van der Waals surface area contributed by atoms with E-state index in [1.54, 1.807) is 0 Å². The molecule has 1 N–H and O–H groups in total. The monoisotopic (exact) mass is 603 g/mol. The van der Waals surface area contributed by atoms with Gasteiger partial charge in [-0.15, -0.1) is 0 Å². The van der Waals surface area contributed by atoms with E-state index in [1.165, 1.54) is 21.9 Å². The lowest BCUT2D eigenvalue weighted by atomic mass is 9.99. The maximum absolute atomic E-state index is 6.39. The highest BCUT2D eigenvalue weighted by Crippen LogP contribution is 2.36. The summed E-state index contributed by atoms with van der Waals surface area (Å²) in [5, 5.41) is 8.08. The van der Waals surface area contributed by atoms with E-state index >= 15 is 0 Å². The first-order valence-corrected chi connectivity index (χ1v) is 15.9. The lowest BCUT2D eigenvalue weighted by molar-refractivity contribution is 0.669. The van der Waals surface area contributed by atoms with Crippen molar-refractivity contribution >= 4 is 44.4 Å². The van der Waals surface area contributed by atoms with Crippen LogP contribution >= 0.6 is 0 Å². The van der Waals surface area contributed by atoms with Gasteiger partial charge in [-0.3, -0.25) is 0 Å². The molecule has 0 saturated heterocycles. The van der Waals surface area contributed by atoms with Crippen molar-refractivity contribution in [3.05, 3.63) is 180 Å². The van der Waals surface area contributed by atoms with Crippen LogP contribution < -0.4 is 5.32 Å². The highest BCUT2D eigenvalue weighted by atomic mass is 16.3. The van der Waals surface area contributed by atoms with Gasteiger partial charge in [0.1, 0.15) is 22.8 Å². The van der Waals surface area contributed by atoms with Crippen molar-refractivity contribution in [2.24, 2.45) is 9.98 Å². The number of hydrogen-bond donors (Lipinski definition) is 1. The van der Waals surface area contributed by atoms with Gasteiger partial charge in [0, 0.05) is 21.9 Å². The van der Waals surface area contributed by atoms with Crippen molar-refractivity contribution in [1.82, 2.24) is 5.32 Å². The molecule has 0 bridgehead atoms. The standard InChI is InChI=1S/C43H29N3O/c1-3-10-28(11-4-1)31-18-21-32(22-19-31)41-44-42(35-23-20-30-14-7-8-15-33(30)26-35)46-43(45-41)36-16-9-17-39-40(36)37-27-34(24-25-38(37)47-39)29-12-5-2-6-13-29/h1-27,42H,(H,44,45,46). The first-order valence-electron chi connectivity index (χ1n) is 15.9. The molecule has 47 heavy (non-hydrogen) atoms. The quantitative estimate of drug-likeness (QED) is 0.213. The number of amidine groups is 2. The van der Waals surface area contributed by atoms with Crippen LogP contribution in [0.5, 0.6) is 0 Å². The molecule has 0 radical (unpaired) electrons. The minimum Gasteiger partial charge on any atom is -0.456 e. The van der Waals surface area contributed by atoms with E-state index < -0.39 is 6.17 Å². The van der Waals surface area contributed by atoms with Gasteiger partial charge in [0.2, 0.25) is 0 Å². The fourth-order valence-corrected chi connectivity index (χ4v) is 6.54. The number of nitrogens with one attached hydrogen (secondary N) is 1. The predicted molar refractivity (Wildman–Crippen MR) is 194 cm³/mol. The van der Waals surface area contributed by atoms with Crippen molar-refractivity contribution < 1.29 is 4.42 Å². The second-order valence-electron chi connectivity index (χ2n) is 11.9. The van der Waals surface area contributed by atoms with Gasteiger partial charge < -0.3 is 9.73 Å². The normalized spacial score (nSPS) is 14.6. The van der Waals surface area contributed by atoms with Crippen molar-refractivity contribution in [2.75, 3.05) is 0 Å². The van der Waals surface area contributed by atoms with E-state index in [2.05, 4.69) is 145 Å². The zero-order chi connectivity index (χ0) is 31.2. The molecule has 0 saturated carbocycles. The summed E-state index contributed by atoms with van der Waals surface area (Å²) in [6.45, 7) is 0. The highest BCUT2D eigenvalue weighted by molar-refractivity contribution is 6.23. The van der Waals surface area contributed by atoms with E-state index in [4.69, 9.17) is 14.4 Å². The molecule has 0 aliphatic carbocycles. The summed E-state index contributed by atoms with van der Waals surface area (Å²) in [5.74, 6) is 1.54. The molecule has 9 rings (SSSR count). The molecule has 4 nitrogen and oxygen atoms in total. The van der Waals surface area contributed by atoms with E-state index in [0.29, 0.717) is 0 Å². The predicted octanol–water partition coefficient (Wildman–Crippen LogP) is 10.6. The molecule has 1 aromatic heterocycles. The van der Waals surface area contributed by atoms with Crippen molar-refractivity contribution in [2.45, 2.75) is 6.17 Å². The molecule has 0 amide bonds. The second kappa shape index (κ2) is 11.3. The van der Waals surface area contributed by atoms with Crippen molar-refractivity contribution in [3.63, 3.8) is 0 Å². The van der Waals surface area contributed by atoms with Crippen molar-refractivity contribution in [1.29, 1.82) is 0 Å². The Morgan fingerprint density at radius 2 is 1.09 bits per heavy atom. The summed E-state index contributed by atoms with van der Waals surface area (Å²) in [4.78, 5) is 10.4. The Balaban J connectivity index is 1.19. The number of benzene rings is 7. The Bertz CT molecular complexity index is 2480. The second-order valence-corrected chi connectivity index (χ2v) is 11.9. The number of nitrogens with zero attached hydrogens (tertiary/aromatic N) is 2. The topological polar surface area (TPSA) is 49.9 Å². The van der Waals surface area contributed by atoms with Gasteiger partial charge in [-0.05, 0) is 62.9 Å². The van der Waals surface area contributed by atoms with E-state index in [0.717, 1.165) is 61.4 Å². The fraction of sp³-hybridized carbons (Fsp3) is 0.0233. The van der Waals surface area contributed by atoms with Crippen LogP contribution in [0.3, 0.4) is 0 Å². The number of fused-ring (bicyclic) bond motifs is 4. The minimum atomic E-state index is -0.423. The molecule has 7 aromatic carbocycles. The molecule has 1 aliphatic heterocycles. The Morgan fingerprint density at radius 3 is 1.87 bits per heavy atom. The summed E-state index contributed by atoms with van der Waals surface area (Å²) < 4.78 is 6.39. The molecular formula is C43H29N3O. The largest absolute Gasteiger partial charge is 0.456 e. The van der Waals surface area contributed by atoms with Crippen LogP contribution in [-0.4, -0.2) is 11.7 Å². The minimum absolute atomic E-state index is 0.423. The summed E-state index contributed by atoms with van der Waals surface area (Å²) in [7, 11) is 0. The molecule has 0 spiro atoms. The molecule has 4 heteroatoms. The summed E-state index contributed by atoms with van der Waals surface area (Å²) >= 11 is 0. The summed E-state index contributed by atoms with van der Waals surface area (Å²) in [5.41, 5.74) is 9.34. The molecule has 222 valence electrons. The molecule has 1 atom stereocenters. The molecule has 1 unspecified atom stereocenters. The number of rotatable bonds is 5. The highest BCUT2D eigenvalue weighted by Gasteiger charge is 2.24. The van der Waals surface area contributed by atoms with E-state index in [-0.39, 0.29) is 0 Å². The third-order valence-electron chi connectivity index (χ3n) is 8.93. The Labute approximate surface area is 272 Å². The van der Waals surface area contributed by atoms with Gasteiger partial charge in [-0.2, -0.15) is 0 Å².